The van der Waals surface area contributed by atoms with Gasteiger partial charge in [0.1, 0.15) is 11.6 Å². The van der Waals surface area contributed by atoms with Crippen molar-refractivity contribution in [2.45, 2.75) is 39.3 Å². The molecule has 0 spiro atoms. The zero-order chi connectivity index (χ0) is 18.4. The van der Waals surface area contributed by atoms with Gasteiger partial charge in [0, 0.05) is 13.0 Å². The van der Waals surface area contributed by atoms with Crippen molar-refractivity contribution < 1.29 is 9.53 Å². The summed E-state index contributed by atoms with van der Waals surface area (Å²) in [6, 6.07) is 17.8. The summed E-state index contributed by atoms with van der Waals surface area (Å²) in [5, 5.41) is 3.01. The zero-order valence-corrected chi connectivity index (χ0v) is 15.3. The van der Waals surface area contributed by atoms with Crippen molar-refractivity contribution in [3.8, 4) is 5.75 Å². The Morgan fingerprint density at radius 3 is 2.65 bits per heavy atom. The van der Waals surface area contributed by atoms with Gasteiger partial charge in [-0.15, -0.1) is 0 Å². The van der Waals surface area contributed by atoms with Gasteiger partial charge in [0.2, 0.25) is 5.91 Å². The first-order chi connectivity index (χ1) is 12.7. The molecule has 3 rings (SSSR count). The smallest absolute Gasteiger partial charge is 0.220 e. The monoisotopic (exact) mass is 351 g/mol. The number of benzene rings is 2. The third-order valence-corrected chi connectivity index (χ3v) is 4.31. The molecule has 0 saturated carbocycles. The van der Waals surface area contributed by atoms with E-state index in [0.717, 1.165) is 35.6 Å². The van der Waals surface area contributed by atoms with Gasteiger partial charge < -0.3 is 14.6 Å². The lowest BCUT2D eigenvalue weighted by molar-refractivity contribution is -0.121. The van der Waals surface area contributed by atoms with Crippen molar-refractivity contribution in [3.63, 3.8) is 0 Å². The molecule has 5 heteroatoms. The van der Waals surface area contributed by atoms with Gasteiger partial charge >= 0.3 is 0 Å². The Morgan fingerprint density at radius 2 is 1.88 bits per heavy atom. The van der Waals surface area contributed by atoms with E-state index < -0.39 is 0 Å². The zero-order valence-electron chi connectivity index (χ0n) is 15.3. The Kier molecular flexibility index (Phi) is 5.89. The lowest BCUT2D eigenvalue weighted by Crippen LogP contribution is -2.28. The van der Waals surface area contributed by atoms with Gasteiger partial charge in [-0.2, -0.15) is 0 Å². The van der Waals surface area contributed by atoms with Crippen LogP contribution in [0.3, 0.4) is 0 Å². The predicted molar refractivity (Wildman–Crippen MR) is 103 cm³/mol. The molecule has 1 aromatic heterocycles. The molecule has 1 heterocycles. The van der Waals surface area contributed by atoms with E-state index in [-0.39, 0.29) is 11.9 Å². The second kappa shape index (κ2) is 8.52. The fraction of sp³-hybridized carbons (Fsp3) is 0.333. The third-order valence-electron chi connectivity index (χ3n) is 4.31. The van der Waals surface area contributed by atoms with Crippen LogP contribution in [-0.2, 0) is 11.3 Å². The number of fused-ring (bicyclic) bond motifs is 1. The molecule has 0 radical (unpaired) electrons. The highest BCUT2D eigenvalue weighted by atomic mass is 16.5. The molecule has 0 saturated heterocycles. The maximum atomic E-state index is 11.8. The Labute approximate surface area is 154 Å². The number of nitrogens with one attached hydrogen (secondary N) is 1. The highest BCUT2D eigenvalue weighted by Gasteiger charge is 2.17. The highest BCUT2D eigenvalue weighted by Crippen LogP contribution is 2.21. The molecule has 1 amide bonds. The standard InChI is InChI=1S/C21H25N3O2/c1-3-20(25)22-16(2)21-23-18-12-7-8-13-19(18)24(21)14-9-15-26-17-10-5-4-6-11-17/h4-8,10-13,16H,3,9,14-15H2,1-2H3,(H,22,25). The van der Waals surface area contributed by atoms with E-state index in [9.17, 15) is 4.79 Å². The number of carbonyl (C=O) groups excluding carboxylic acids is 1. The maximum Gasteiger partial charge on any atom is 0.220 e. The predicted octanol–water partition coefficient (Wildman–Crippen LogP) is 4.09. The first-order valence-corrected chi connectivity index (χ1v) is 9.11. The van der Waals surface area contributed by atoms with E-state index in [4.69, 9.17) is 9.72 Å². The molecular weight excluding hydrogens is 326 g/mol. The number of rotatable bonds is 8. The summed E-state index contributed by atoms with van der Waals surface area (Å²) in [4.78, 5) is 16.5. The van der Waals surface area contributed by atoms with Crippen LogP contribution in [0.15, 0.2) is 54.6 Å². The molecule has 3 aromatic rings. The van der Waals surface area contributed by atoms with Crippen LogP contribution in [0, 0.1) is 0 Å². The minimum atomic E-state index is -0.134. The number of carbonyl (C=O) groups is 1. The molecule has 2 aromatic carbocycles. The van der Waals surface area contributed by atoms with Gasteiger partial charge in [-0.25, -0.2) is 4.98 Å². The van der Waals surface area contributed by atoms with Crippen molar-refractivity contribution in [3.05, 3.63) is 60.4 Å². The maximum absolute atomic E-state index is 11.8. The summed E-state index contributed by atoms with van der Waals surface area (Å²) in [6.07, 6.45) is 1.33. The van der Waals surface area contributed by atoms with Crippen LogP contribution in [0.25, 0.3) is 11.0 Å². The molecule has 1 atom stereocenters. The van der Waals surface area contributed by atoms with Gasteiger partial charge in [-0.3, -0.25) is 4.79 Å². The fourth-order valence-electron chi connectivity index (χ4n) is 3.00. The number of hydrogen-bond acceptors (Lipinski definition) is 3. The summed E-state index contributed by atoms with van der Waals surface area (Å²) in [6.45, 7) is 5.25. The van der Waals surface area contributed by atoms with E-state index in [0.29, 0.717) is 13.0 Å². The van der Waals surface area contributed by atoms with E-state index >= 15 is 0 Å². The SMILES string of the molecule is CCC(=O)NC(C)c1nc2ccccc2n1CCCOc1ccccc1. The molecule has 5 nitrogen and oxygen atoms in total. The van der Waals surface area contributed by atoms with Gasteiger partial charge in [0.05, 0.1) is 23.7 Å². The number of nitrogens with zero attached hydrogens (tertiary/aromatic N) is 2. The van der Waals surface area contributed by atoms with Crippen LogP contribution < -0.4 is 10.1 Å². The number of aromatic nitrogens is 2. The van der Waals surface area contributed by atoms with Gasteiger partial charge in [-0.05, 0) is 37.6 Å². The second-order valence-corrected chi connectivity index (χ2v) is 6.27. The third kappa shape index (κ3) is 4.23. The molecule has 0 bridgehead atoms. The lowest BCUT2D eigenvalue weighted by Gasteiger charge is -2.16. The Bertz CT molecular complexity index is 858. The molecule has 0 aliphatic heterocycles. The van der Waals surface area contributed by atoms with Crippen LogP contribution >= 0.6 is 0 Å². The highest BCUT2D eigenvalue weighted by molar-refractivity contribution is 5.77. The molecule has 136 valence electrons. The van der Waals surface area contributed by atoms with E-state index in [2.05, 4.69) is 16.0 Å². The van der Waals surface area contributed by atoms with Crippen molar-refractivity contribution in [2.24, 2.45) is 0 Å². The van der Waals surface area contributed by atoms with Gasteiger partial charge in [0.15, 0.2) is 0 Å². The fourth-order valence-corrected chi connectivity index (χ4v) is 3.00. The van der Waals surface area contributed by atoms with E-state index in [1.165, 1.54) is 0 Å². The van der Waals surface area contributed by atoms with Crippen molar-refractivity contribution in [1.29, 1.82) is 0 Å². The summed E-state index contributed by atoms with van der Waals surface area (Å²) in [5.74, 6) is 1.79. The van der Waals surface area contributed by atoms with E-state index in [1.54, 1.807) is 0 Å². The van der Waals surface area contributed by atoms with Crippen molar-refractivity contribution in [2.75, 3.05) is 6.61 Å². The molecule has 0 fully saturated rings. The minimum Gasteiger partial charge on any atom is -0.494 e. The van der Waals surface area contributed by atoms with Gasteiger partial charge in [-0.1, -0.05) is 37.3 Å². The average molecular weight is 351 g/mol. The Balaban J connectivity index is 1.72. The van der Waals surface area contributed by atoms with E-state index in [1.807, 2.05) is 62.4 Å². The molecule has 1 N–H and O–H groups in total. The number of hydrogen-bond donors (Lipinski definition) is 1. The van der Waals surface area contributed by atoms with Crippen LogP contribution in [0.5, 0.6) is 5.75 Å². The molecule has 0 aliphatic carbocycles. The molecular formula is C21H25N3O2. The Morgan fingerprint density at radius 1 is 1.15 bits per heavy atom. The largest absolute Gasteiger partial charge is 0.494 e. The summed E-state index contributed by atoms with van der Waals surface area (Å²) in [5.41, 5.74) is 2.03. The van der Waals surface area contributed by atoms with Crippen LogP contribution in [-0.4, -0.2) is 22.1 Å². The van der Waals surface area contributed by atoms with Crippen LogP contribution in [0.4, 0.5) is 0 Å². The summed E-state index contributed by atoms with van der Waals surface area (Å²) < 4.78 is 7.98. The number of ether oxygens (including phenoxy) is 1. The molecule has 1 unspecified atom stereocenters. The van der Waals surface area contributed by atoms with Crippen LogP contribution in [0.1, 0.15) is 38.6 Å². The molecule has 26 heavy (non-hydrogen) atoms. The molecule has 0 aliphatic rings. The topological polar surface area (TPSA) is 56.2 Å². The van der Waals surface area contributed by atoms with Crippen molar-refractivity contribution >= 4 is 16.9 Å². The number of aryl methyl sites for hydroxylation is 1. The number of para-hydroxylation sites is 3. The number of amides is 1. The quantitative estimate of drug-likeness (QED) is 0.622. The first-order valence-electron chi connectivity index (χ1n) is 9.11. The van der Waals surface area contributed by atoms with Crippen LogP contribution in [0.2, 0.25) is 0 Å². The summed E-state index contributed by atoms with van der Waals surface area (Å²) >= 11 is 0. The minimum absolute atomic E-state index is 0.0310. The summed E-state index contributed by atoms with van der Waals surface area (Å²) in [7, 11) is 0. The Hall–Kier alpha value is -2.82. The lowest BCUT2D eigenvalue weighted by atomic mass is 10.2. The number of imidazole rings is 1. The van der Waals surface area contributed by atoms with Gasteiger partial charge in [0.25, 0.3) is 0 Å². The van der Waals surface area contributed by atoms with Crippen molar-refractivity contribution in [1.82, 2.24) is 14.9 Å². The second-order valence-electron chi connectivity index (χ2n) is 6.27. The first kappa shape index (κ1) is 18.0. The average Bonchev–Trinajstić information content (AvgIpc) is 3.05. The normalized spacial score (nSPS) is 12.1.